The Kier molecular flexibility index (Phi) is 8.18. The molecule has 0 saturated carbocycles. The van der Waals surface area contributed by atoms with Gasteiger partial charge in [-0.2, -0.15) is 0 Å². The molecule has 2 atom stereocenters. The van der Waals surface area contributed by atoms with E-state index in [1.54, 1.807) is 6.07 Å². The third kappa shape index (κ3) is 6.60. The van der Waals surface area contributed by atoms with Gasteiger partial charge < -0.3 is 15.8 Å². The maximum absolute atomic E-state index is 12.4. The molecule has 8 heteroatoms. The maximum atomic E-state index is 12.4. The molecule has 1 aliphatic rings. The van der Waals surface area contributed by atoms with E-state index in [4.69, 9.17) is 33.7 Å². The van der Waals surface area contributed by atoms with Crippen molar-refractivity contribution in [3.8, 4) is 5.75 Å². The van der Waals surface area contributed by atoms with E-state index >= 15 is 0 Å². The number of benzene rings is 2. The van der Waals surface area contributed by atoms with Crippen molar-refractivity contribution < 1.29 is 14.3 Å². The van der Waals surface area contributed by atoms with E-state index in [0.717, 1.165) is 37.4 Å². The minimum absolute atomic E-state index is 0.0864. The quantitative estimate of drug-likeness (QED) is 0.618. The lowest BCUT2D eigenvalue weighted by molar-refractivity contribution is -0.124. The summed E-state index contributed by atoms with van der Waals surface area (Å²) in [7, 11) is 0. The predicted molar refractivity (Wildman–Crippen MR) is 123 cm³/mol. The number of ether oxygens (including phenoxy) is 1. The Morgan fingerprint density at radius 2 is 1.87 bits per heavy atom. The second kappa shape index (κ2) is 10.8. The van der Waals surface area contributed by atoms with Crippen molar-refractivity contribution in [1.82, 2.24) is 10.2 Å². The van der Waals surface area contributed by atoms with Crippen LogP contribution in [0.15, 0.2) is 42.5 Å². The van der Waals surface area contributed by atoms with Crippen LogP contribution in [0.5, 0.6) is 5.75 Å². The zero-order valence-electron chi connectivity index (χ0n) is 17.4. The number of hydrogen-bond donors (Lipinski definition) is 2. The molecule has 1 fully saturated rings. The Morgan fingerprint density at radius 1 is 1.16 bits per heavy atom. The molecule has 0 aliphatic carbocycles. The zero-order chi connectivity index (χ0) is 22.4. The van der Waals surface area contributed by atoms with E-state index in [2.05, 4.69) is 29.3 Å². The fourth-order valence-corrected chi connectivity index (χ4v) is 4.22. The van der Waals surface area contributed by atoms with Gasteiger partial charge in [0.1, 0.15) is 5.75 Å². The molecule has 6 nitrogen and oxygen atoms in total. The van der Waals surface area contributed by atoms with Gasteiger partial charge in [0.05, 0.1) is 5.56 Å². The molecule has 2 amide bonds. The van der Waals surface area contributed by atoms with Gasteiger partial charge in [-0.05, 0) is 55.2 Å². The van der Waals surface area contributed by atoms with Crippen LogP contribution in [-0.2, 0) is 11.3 Å². The zero-order valence-corrected chi connectivity index (χ0v) is 19.0. The number of hydrogen-bond acceptors (Lipinski definition) is 4. The van der Waals surface area contributed by atoms with Crippen molar-refractivity contribution >= 4 is 35.0 Å². The molecule has 166 valence electrons. The van der Waals surface area contributed by atoms with Gasteiger partial charge in [-0.3, -0.25) is 14.5 Å². The molecule has 2 aromatic carbocycles. The van der Waals surface area contributed by atoms with Crippen LogP contribution in [0.4, 0.5) is 0 Å². The topological polar surface area (TPSA) is 84.7 Å². The van der Waals surface area contributed by atoms with Gasteiger partial charge in [0.25, 0.3) is 11.8 Å². The molecule has 1 heterocycles. The summed E-state index contributed by atoms with van der Waals surface area (Å²) in [6.45, 7) is 3.74. The number of nitrogens with two attached hydrogens (primary N) is 1. The van der Waals surface area contributed by atoms with Gasteiger partial charge in [-0.15, -0.1) is 0 Å². The van der Waals surface area contributed by atoms with Crippen LogP contribution in [0.1, 0.15) is 42.1 Å². The number of halogens is 2. The maximum Gasteiger partial charge on any atom is 0.258 e. The van der Waals surface area contributed by atoms with Crippen LogP contribution in [0, 0.1) is 0 Å². The number of nitrogens with zero attached hydrogens (tertiary/aromatic N) is 1. The summed E-state index contributed by atoms with van der Waals surface area (Å²) < 4.78 is 5.53. The van der Waals surface area contributed by atoms with Gasteiger partial charge in [0.15, 0.2) is 6.61 Å². The second-order valence-corrected chi connectivity index (χ2v) is 8.61. The molecular formula is C23H27Cl2N3O3. The van der Waals surface area contributed by atoms with Crippen LogP contribution in [0.2, 0.25) is 10.0 Å². The molecule has 3 rings (SSSR count). The van der Waals surface area contributed by atoms with Gasteiger partial charge in [-0.1, -0.05) is 42.3 Å². The standard InChI is InChI=1S/C23H27Cl2N3O3/c1-2-19-12-18(9-10-28(19)13-15-3-5-16(24)6-4-15)27-22(29)14-31-21-8-7-17(25)11-20(21)23(26)30/h3-8,11,18-19H,2,9-10,12-14H2,1H3,(H2,26,30)(H,27,29)/t18-,19-/m1/s1. The molecule has 3 N–H and O–H groups in total. The monoisotopic (exact) mass is 463 g/mol. The van der Waals surface area contributed by atoms with Gasteiger partial charge >= 0.3 is 0 Å². The van der Waals surface area contributed by atoms with Crippen LogP contribution in [0.3, 0.4) is 0 Å². The molecular weight excluding hydrogens is 437 g/mol. The average Bonchev–Trinajstić information content (AvgIpc) is 2.75. The summed E-state index contributed by atoms with van der Waals surface area (Å²) in [6, 6.07) is 13.0. The lowest BCUT2D eigenvalue weighted by Gasteiger charge is -2.39. The first kappa shape index (κ1) is 23.4. The molecule has 0 aromatic heterocycles. The van der Waals surface area contributed by atoms with E-state index in [1.165, 1.54) is 17.7 Å². The smallest absolute Gasteiger partial charge is 0.258 e. The molecule has 0 spiro atoms. The van der Waals surface area contributed by atoms with Crippen LogP contribution in [-0.4, -0.2) is 41.9 Å². The summed E-state index contributed by atoms with van der Waals surface area (Å²) in [5.41, 5.74) is 6.74. The number of primary amides is 1. The van der Waals surface area contributed by atoms with E-state index < -0.39 is 5.91 Å². The number of rotatable bonds is 8. The number of likely N-dealkylation sites (tertiary alicyclic amines) is 1. The summed E-state index contributed by atoms with van der Waals surface area (Å²) in [6.07, 6.45) is 2.75. The lowest BCUT2D eigenvalue weighted by Crippen LogP contribution is -2.50. The highest BCUT2D eigenvalue weighted by molar-refractivity contribution is 6.31. The molecule has 0 unspecified atom stereocenters. The molecule has 2 aromatic rings. The van der Waals surface area contributed by atoms with E-state index in [9.17, 15) is 9.59 Å². The predicted octanol–water partition coefficient (Wildman–Crippen LogP) is 4.03. The largest absolute Gasteiger partial charge is 0.483 e. The lowest BCUT2D eigenvalue weighted by atomic mass is 9.94. The molecule has 1 saturated heterocycles. The summed E-state index contributed by atoms with van der Waals surface area (Å²) >= 11 is 11.9. The van der Waals surface area contributed by atoms with Crippen LogP contribution < -0.4 is 15.8 Å². The number of piperidine rings is 1. The van der Waals surface area contributed by atoms with Crippen molar-refractivity contribution in [1.29, 1.82) is 0 Å². The Labute approximate surface area is 192 Å². The van der Waals surface area contributed by atoms with Crippen molar-refractivity contribution in [2.75, 3.05) is 13.2 Å². The van der Waals surface area contributed by atoms with Gasteiger partial charge in [0.2, 0.25) is 0 Å². The van der Waals surface area contributed by atoms with E-state index in [1.807, 2.05) is 12.1 Å². The first-order valence-electron chi connectivity index (χ1n) is 10.4. The first-order valence-corrected chi connectivity index (χ1v) is 11.1. The normalized spacial score (nSPS) is 19.1. The number of carbonyl (C=O) groups excluding carboxylic acids is 2. The Bertz CT molecular complexity index is 921. The van der Waals surface area contributed by atoms with Gasteiger partial charge in [0, 0.05) is 35.2 Å². The van der Waals surface area contributed by atoms with E-state index in [0.29, 0.717) is 11.1 Å². The molecule has 0 radical (unpaired) electrons. The molecule has 31 heavy (non-hydrogen) atoms. The molecule has 1 aliphatic heterocycles. The summed E-state index contributed by atoms with van der Waals surface area (Å²) in [4.78, 5) is 26.4. The summed E-state index contributed by atoms with van der Waals surface area (Å²) in [5.74, 6) is -0.635. The second-order valence-electron chi connectivity index (χ2n) is 7.74. The number of nitrogens with one attached hydrogen (secondary N) is 1. The third-order valence-electron chi connectivity index (χ3n) is 5.54. The van der Waals surface area contributed by atoms with Crippen molar-refractivity contribution in [3.05, 3.63) is 63.6 Å². The van der Waals surface area contributed by atoms with E-state index in [-0.39, 0.29) is 29.9 Å². The highest BCUT2D eigenvalue weighted by atomic mass is 35.5. The van der Waals surface area contributed by atoms with Crippen LogP contribution >= 0.6 is 23.2 Å². The minimum Gasteiger partial charge on any atom is -0.483 e. The fraction of sp³-hybridized carbons (Fsp3) is 0.391. The highest BCUT2D eigenvalue weighted by Crippen LogP contribution is 2.24. The summed E-state index contributed by atoms with van der Waals surface area (Å²) in [5, 5.41) is 4.17. The SMILES string of the molecule is CC[C@@H]1C[C@H](NC(=O)COc2ccc(Cl)cc2C(N)=O)CCN1Cc1ccc(Cl)cc1. The Hall–Kier alpha value is -2.28. The minimum atomic E-state index is -0.656. The van der Waals surface area contributed by atoms with Crippen molar-refractivity contribution in [2.24, 2.45) is 5.73 Å². The Balaban J connectivity index is 1.51. The van der Waals surface area contributed by atoms with Crippen LogP contribution in [0.25, 0.3) is 0 Å². The highest BCUT2D eigenvalue weighted by Gasteiger charge is 2.28. The fourth-order valence-electron chi connectivity index (χ4n) is 3.92. The number of amides is 2. The van der Waals surface area contributed by atoms with Crippen molar-refractivity contribution in [2.45, 2.75) is 44.8 Å². The molecule has 0 bridgehead atoms. The van der Waals surface area contributed by atoms with Crippen molar-refractivity contribution in [3.63, 3.8) is 0 Å². The average molecular weight is 464 g/mol. The third-order valence-corrected chi connectivity index (χ3v) is 6.03. The van der Waals surface area contributed by atoms with Gasteiger partial charge in [-0.25, -0.2) is 0 Å². The Morgan fingerprint density at radius 3 is 2.55 bits per heavy atom. The first-order chi connectivity index (χ1) is 14.9. The number of carbonyl (C=O) groups is 2.